The predicted octanol–water partition coefficient (Wildman–Crippen LogP) is 11.5. The molecular formula is C49H75N3O6. The number of aromatic hydroxyl groups is 2. The van der Waals surface area contributed by atoms with Gasteiger partial charge in [-0.15, -0.1) is 0 Å². The van der Waals surface area contributed by atoms with Gasteiger partial charge in [-0.2, -0.15) is 0 Å². The van der Waals surface area contributed by atoms with E-state index in [0.717, 1.165) is 22.3 Å². The lowest BCUT2D eigenvalue weighted by Gasteiger charge is -2.47. The number of aliphatic hydroxyl groups is 2. The number of carbonyl (C=O) groups excluding carboxylic acids is 2. The highest BCUT2D eigenvalue weighted by Gasteiger charge is 2.47. The lowest BCUT2D eigenvalue weighted by atomic mass is 9.64. The Bertz CT molecular complexity index is 1910. The van der Waals surface area contributed by atoms with E-state index >= 15 is 0 Å². The second-order valence-electron chi connectivity index (χ2n) is 23.2. The molecule has 9 heteroatoms. The molecule has 58 heavy (non-hydrogen) atoms. The van der Waals surface area contributed by atoms with Gasteiger partial charge in [0.15, 0.2) is 0 Å². The Morgan fingerprint density at radius 3 is 1.21 bits per heavy atom. The van der Waals surface area contributed by atoms with Crippen molar-refractivity contribution in [1.29, 1.82) is 0 Å². The fourth-order valence-corrected chi connectivity index (χ4v) is 8.59. The Morgan fingerprint density at radius 2 is 0.879 bits per heavy atom. The number of benzene rings is 2. The molecule has 9 nitrogen and oxygen atoms in total. The number of nitrogens with zero attached hydrogens (tertiary/aromatic N) is 3. The SMILES string of the molecule is CC1C(CN2C(=O)N(Cc3cc(C(C)(C)C)c(O)c(C(C)(C)C)c3)C(=O)N(Cc3cc(C(C)(C)C)c(O)c(C(C)(C)C)c3)C2O)=CC(C(C)(C)C)=C(O)C1C(C)(C)C. The van der Waals surface area contributed by atoms with Crippen LogP contribution in [0.3, 0.4) is 0 Å². The number of urea groups is 2. The van der Waals surface area contributed by atoms with Gasteiger partial charge in [-0.25, -0.2) is 14.5 Å². The highest BCUT2D eigenvalue weighted by atomic mass is 16.3. The number of imide groups is 1. The number of amides is 4. The first-order valence-electron chi connectivity index (χ1n) is 20.9. The van der Waals surface area contributed by atoms with Crippen molar-refractivity contribution in [3.05, 3.63) is 80.6 Å². The lowest BCUT2D eigenvalue weighted by Crippen LogP contribution is -2.66. The number of phenols is 2. The molecule has 322 valence electrons. The van der Waals surface area contributed by atoms with E-state index in [-0.39, 0.29) is 48.4 Å². The number of hydrogen-bond acceptors (Lipinski definition) is 6. The van der Waals surface area contributed by atoms with E-state index in [0.29, 0.717) is 28.0 Å². The maximum absolute atomic E-state index is 14.9. The molecule has 2 aromatic carbocycles. The van der Waals surface area contributed by atoms with Gasteiger partial charge >= 0.3 is 12.1 Å². The summed E-state index contributed by atoms with van der Waals surface area (Å²) < 4.78 is 0. The summed E-state index contributed by atoms with van der Waals surface area (Å²) in [6.45, 7) is 38.7. The van der Waals surface area contributed by atoms with Gasteiger partial charge in [0.05, 0.1) is 13.1 Å². The smallest absolute Gasteiger partial charge is 0.332 e. The summed E-state index contributed by atoms with van der Waals surface area (Å²) >= 11 is 0. The molecule has 0 saturated carbocycles. The van der Waals surface area contributed by atoms with Crippen molar-refractivity contribution in [1.82, 2.24) is 14.7 Å². The predicted molar refractivity (Wildman–Crippen MR) is 235 cm³/mol. The summed E-state index contributed by atoms with van der Waals surface area (Å²) in [5.41, 5.74) is 3.48. The topological polar surface area (TPSA) is 125 Å². The first kappa shape index (κ1) is 46.7. The molecule has 1 aliphatic heterocycles. The Kier molecular flexibility index (Phi) is 12.3. The summed E-state index contributed by atoms with van der Waals surface area (Å²) in [5, 5.41) is 47.0. The number of allylic oxidation sites excluding steroid dienone is 3. The van der Waals surface area contributed by atoms with Crippen molar-refractivity contribution >= 4 is 12.1 Å². The average Bonchev–Trinajstić information content (AvgIpc) is 3.02. The molecule has 0 aromatic heterocycles. The van der Waals surface area contributed by atoms with Gasteiger partial charge in [0.2, 0.25) is 6.35 Å². The van der Waals surface area contributed by atoms with Crippen LogP contribution in [0.5, 0.6) is 11.5 Å². The van der Waals surface area contributed by atoms with Crippen LogP contribution in [0.15, 0.2) is 47.2 Å². The summed E-state index contributed by atoms with van der Waals surface area (Å²) in [6.07, 6.45) is 0.360. The Morgan fingerprint density at radius 1 is 0.534 bits per heavy atom. The minimum Gasteiger partial charge on any atom is -0.512 e. The third-order valence-corrected chi connectivity index (χ3v) is 11.9. The summed E-state index contributed by atoms with van der Waals surface area (Å²) in [6, 6.07) is 6.25. The highest BCUT2D eigenvalue weighted by molar-refractivity contribution is 5.96. The van der Waals surface area contributed by atoms with Crippen LogP contribution >= 0.6 is 0 Å². The average molecular weight is 802 g/mol. The molecule has 0 radical (unpaired) electrons. The Hall–Kier alpha value is -3.98. The number of carbonyl (C=O) groups is 2. The van der Waals surface area contributed by atoms with Crippen LogP contribution in [-0.2, 0) is 34.7 Å². The molecule has 1 heterocycles. The zero-order chi connectivity index (χ0) is 44.6. The van der Waals surface area contributed by atoms with Gasteiger partial charge in [-0.05, 0) is 107 Å². The van der Waals surface area contributed by atoms with Crippen LogP contribution in [0.4, 0.5) is 9.59 Å². The number of rotatable bonds is 6. The number of hydrogen-bond donors (Lipinski definition) is 4. The molecule has 4 N–H and O–H groups in total. The van der Waals surface area contributed by atoms with Crippen molar-refractivity contribution in [2.24, 2.45) is 22.7 Å². The third-order valence-electron chi connectivity index (χ3n) is 11.9. The van der Waals surface area contributed by atoms with Crippen LogP contribution in [-0.4, -0.2) is 60.1 Å². The quantitative estimate of drug-likeness (QED) is 0.231. The first-order chi connectivity index (χ1) is 26.0. The molecule has 4 rings (SSSR count). The van der Waals surface area contributed by atoms with Crippen LogP contribution in [0.1, 0.15) is 165 Å². The molecular weight excluding hydrogens is 727 g/mol. The molecule has 2 aromatic rings. The van der Waals surface area contributed by atoms with Crippen molar-refractivity contribution in [2.75, 3.05) is 6.54 Å². The standard InChI is InChI=1S/C49H75N3O6/c1-28-31(24-36(48(14,15)16)40(55)37(28)49(17,18)19)27-52-42(57)50(25-29-20-32(44(2,3)4)38(53)33(21-29)45(5,6)7)41(56)51(43(52)58)26-30-22-34(46(8,9)10)39(54)35(23-30)47(11,12)13/h20-24,28,37,42,53-55,57H,25-27H2,1-19H3. The number of phenolic OH excluding ortho intramolecular Hbond substituents is 2. The fraction of sp³-hybridized carbons (Fsp3) is 0.633. The van der Waals surface area contributed by atoms with E-state index in [2.05, 4.69) is 48.5 Å². The largest absolute Gasteiger partial charge is 0.512 e. The molecule has 1 fully saturated rings. The second-order valence-corrected chi connectivity index (χ2v) is 23.2. The third kappa shape index (κ3) is 9.40. The molecule has 4 amide bonds. The van der Waals surface area contributed by atoms with Gasteiger partial charge in [-0.3, -0.25) is 9.80 Å². The second kappa shape index (κ2) is 15.2. The minimum absolute atomic E-state index is 0.0208. The molecule has 0 spiro atoms. The first-order valence-corrected chi connectivity index (χ1v) is 20.9. The van der Waals surface area contributed by atoms with Gasteiger partial charge in [0, 0.05) is 12.5 Å². The van der Waals surface area contributed by atoms with Gasteiger partial charge in [0.1, 0.15) is 17.3 Å². The minimum atomic E-state index is -1.62. The van der Waals surface area contributed by atoms with Gasteiger partial charge < -0.3 is 20.4 Å². The van der Waals surface area contributed by atoms with Gasteiger partial charge in [0.25, 0.3) is 0 Å². The van der Waals surface area contributed by atoms with Crippen LogP contribution in [0, 0.1) is 22.7 Å². The van der Waals surface area contributed by atoms with Crippen LogP contribution in [0.25, 0.3) is 0 Å². The van der Waals surface area contributed by atoms with Crippen molar-refractivity contribution in [2.45, 2.75) is 173 Å². The molecule has 2 aliphatic rings. The zero-order valence-corrected chi connectivity index (χ0v) is 39.2. The molecule has 1 aliphatic carbocycles. The van der Waals surface area contributed by atoms with Crippen molar-refractivity contribution < 1.29 is 30.0 Å². The molecule has 0 bridgehead atoms. The lowest BCUT2D eigenvalue weighted by molar-refractivity contribution is -0.0950. The van der Waals surface area contributed by atoms with E-state index in [1.165, 1.54) is 14.7 Å². The van der Waals surface area contributed by atoms with Crippen molar-refractivity contribution in [3.63, 3.8) is 0 Å². The fourth-order valence-electron chi connectivity index (χ4n) is 8.59. The Labute approximate surface area is 349 Å². The zero-order valence-electron chi connectivity index (χ0n) is 39.2. The van der Waals surface area contributed by atoms with Crippen molar-refractivity contribution in [3.8, 4) is 11.5 Å². The van der Waals surface area contributed by atoms with E-state index < -0.39 is 45.5 Å². The molecule has 3 unspecified atom stereocenters. The van der Waals surface area contributed by atoms with E-state index in [4.69, 9.17) is 0 Å². The molecule has 1 saturated heterocycles. The van der Waals surface area contributed by atoms with Crippen LogP contribution < -0.4 is 0 Å². The highest BCUT2D eigenvalue weighted by Crippen LogP contribution is 2.48. The molecule has 3 atom stereocenters. The summed E-state index contributed by atoms with van der Waals surface area (Å²) in [7, 11) is 0. The number of aliphatic hydroxyl groups excluding tert-OH is 2. The van der Waals surface area contributed by atoms with E-state index in [9.17, 15) is 30.0 Å². The maximum atomic E-state index is 14.9. The van der Waals surface area contributed by atoms with E-state index in [1.807, 2.05) is 113 Å². The monoisotopic (exact) mass is 802 g/mol. The Balaban J connectivity index is 1.95. The normalized spacial score (nSPS) is 20.7. The van der Waals surface area contributed by atoms with Gasteiger partial charge in [-0.1, -0.05) is 138 Å². The summed E-state index contributed by atoms with van der Waals surface area (Å²) in [5.74, 6) is 0.315. The summed E-state index contributed by atoms with van der Waals surface area (Å²) in [4.78, 5) is 33.6. The van der Waals surface area contributed by atoms with E-state index in [1.54, 1.807) is 0 Å². The maximum Gasteiger partial charge on any atom is 0.332 e. The van der Waals surface area contributed by atoms with Crippen LogP contribution in [0.2, 0.25) is 0 Å².